The molecule has 2 rings (SSSR count). The lowest BCUT2D eigenvalue weighted by atomic mass is 10.2. The molecule has 21 heavy (non-hydrogen) atoms. The Labute approximate surface area is 124 Å². The summed E-state index contributed by atoms with van der Waals surface area (Å²) in [7, 11) is 3.71. The van der Waals surface area contributed by atoms with Gasteiger partial charge in [-0.25, -0.2) is 0 Å². The summed E-state index contributed by atoms with van der Waals surface area (Å²) in [6, 6.07) is 5.40. The lowest BCUT2D eigenvalue weighted by Gasteiger charge is -2.10. The first-order chi connectivity index (χ1) is 10.1. The van der Waals surface area contributed by atoms with Crippen molar-refractivity contribution in [2.45, 2.75) is 18.9 Å². The van der Waals surface area contributed by atoms with E-state index < -0.39 is 5.91 Å². The van der Waals surface area contributed by atoms with Gasteiger partial charge in [0.1, 0.15) is 17.4 Å². The van der Waals surface area contributed by atoms with Crippen molar-refractivity contribution in [1.29, 1.82) is 5.26 Å². The first-order valence-electron chi connectivity index (χ1n) is 6.89. The first kappa shape index (κ1) is 15.1. The summed E-state index contributed by atoms with van der Waals surface area (Å²) in [5, 5.41) is 11.8. The maximum absolute atomic E-state index is 12.0. The predicted octanol–water partition coefficient (Wildman–Crippen LogP) is 1.55. The Hall–Kier alpha value is -2.26. The van der Waals surface area contributed by atoms with Crippen molar-refractivity contribution in [1.82, 2.24) is 5.32 Å². The minimum atomic E-state index is -0.407. The van der Waals surface area contributed by atoms with Crippen molar-refractivity contribution >= 4 is 17.9 Å². The van der Waals surface area contributed by atoms with E-state index in [4.69, 9.17) is 14.4 Å². The minimum absolute atomic E-state index is 0.0210. The van der Waals surface area contributed by atoms with Crippen LogP contribution < -0.4 is 10.2 Å². The van der Waals surface area contributed by atoms with Gasteiger partial charge >= 0.3 is 0 Å². The van der Waals surface area contributed by atoms with Crippen LogP contribution in [0.4, 0.5) is 5.88 Å². The summed E-state index contributed by atoms with van der Waals surface area (Å²) < 4.78 is 10.9. The predicted molar refractivity (Wildman–Crippen MR) is 78.6 cm³/mol. The van der Waals surface area contributed by atoms with E-state index in [2.05, 4.69) is 5.32 Å². The number of nitriles is 1. The second-order valence-electron chi connectivity index (χ2n) is 5.09. The molecule has 1 N–H and O–H groups in total. The number of rotatable bonds is 5. The molecule has 0 radical (unpaired) electrons. The zero-order chi connectivity index (χ0) is 15.2. The van der Waals surface area contributed by atoms with Crippen LogP contribution in [0.3, 0.4) is 0 Å². The molecule has 0 aromatic carbocycles. The average Bonchev–Trinajstić information content (AvgIpc) is 3.13. The van der Waals surface area contributed by atoms with Crippen LogP contribution in [-0.2, 0) is 9.53 Å². The summed E-state index contributed by atoms with van der Waals surface area (Å²) >= 11 is 0. The van der Waals surface area contributed by atoms with Gasteiger partial charge in [0.2, 0.25) is 0 Å². The Morgan fingerprint density at radius 2 is 2.38 bits per heavy atom. The fourth-order valence-corrected chi connectivity index (χ4v) is 2.06. The number of amides is 1. The van der Waals surface area contributed by atoms with Gasteiger partial charge in [0.05, 0.1) is 6.10 Å². The monoisotopic (exact) mass is 289 g/mol. The Morgan fingerprint density at radius 1 is 1.57 bits per heavy atom. The average molecular weight is 289 g/mol. The molecule has 0 spiro atoms. The third kappa shape index (κ3) is 4.10. The van der Waals surface area contributed by atoms with Gasteiger partial charge in [-0.3, -0.25) is 4.79 Å². The lowest BCUT2D eigenvalue weighted by molar-refractivity contribution is -0.117. The molecule has 6 heteroatoms. The zero-order valence-corrected chi connectivity index (χ0v) is 12.3. The van der Waals surface area contributed by atoms with E-state index in [0.717, 1.165) is 19.4 Å². The third-order valence-electron chi connectivity index (χ3n) is 3.22. The maximum atomic E-state index is 12.0. The van der Waals surface area contributed by atoms with Gasteiger partial charge in [0.15, 0.2) is 5.88 Å². The third-order valence-corrected chi connectivity index (χ3v) is 3.22. The van der Waals surface area contributed by atoms with Gasteiger partial charge in [-0.1, -0.05) is 0 Å². The SMILES string of the molecule is CN(C)c1ccc(/C=C(/C#N)C(=O)NC[C@@H]2CCCO2)o1. The Bertz CT molecular complexity index is 563. The van der Waals surface area contributed by atoms with E-state index in [0.29, 0.717) is 18.2 Å². The molecule has 112 valence electrons. The summed E-state index contributed by atoms with van der Waals surface area (Å²) in [5.74, 6) is 0.733. The number of hydrogen-bond donors (Lipinski definition) is 1. The van der Waals surface area contributed by atoms with Crippen molar-refractivity contribution in [3.05, 3.63) is 23.5 Å². The molecule has 1 aromatic rings. The molecule has 1 aliphatic heterocycles. The molecule has 0 aliphatic carbocycles. The number of furan rings is 1. The van der Waals surface area contributed by atoms with Crippen LogP contribution in [0, 0.1) is 11.3 Å². The number of hydrogen-bond acceptors (Lipinski definition) is 5. The first-order valence-corrected chi connectivity index (χ1v) is 6.89. The largest absolute Gasteiger partial charge is 0.441 e. The molecule has 0 bridgehead atoms. The van der Waals surface area contributed by atoms with Crippen LogP contribution in [0.5, 0.6) is 0 Å². The van der Waals surface area contributed by atoms with E-state index in [1.807, 2.05) is 20.2 Å². The van der Waals surface area contributed by atoms with E-state index in [-0.39, 0.29) is 11.7 Å². The van der Waals surface area contributed by atoms with Crippen LogP contribution >= 0.6 is 0 Å². The van der Waals surface area contributed by atoms with Gasteiger partial charge < -0.3 is 19.4 Å². The number of anilines is 1. The van der Waals surface area contributed by atoms with Crippen molar-refractivity contribution in [3.63, 3.8) is 0 Å². The van der Waals surface area contributed by atoms with Gasteiger partial charge in [-0.15, -0.1) is 0 Å². The molecule has 0 unspecified atom stereocenters. The standard InChI is InChI=1S/C15H19N3O3/c1-18(2)14-6-5-12(21-14)8-11(9-16)15(19)17-10-13-4-3-7-20-13/h5-6,8,13H,3-4,7,10H2,1-2H3,(H,17,19)/b11-8-/t13-/m0/s1. The fraction of sp³-hybridized carbons (Fsp3) is 0.467. The second-order valence-corrected chi connectivity index (χ2v) is 5.09. The summed E-state index contributed by atoms with van der Waals surface area (Å²) in [6.45, 7) is 1.17. The summed E-state index contributed by atoms with van der Waals surface area (Å²) in [4.78, 5) is 13.8. The van der Waals surface area contributed by atoms with Gasteiger partial charge in [0.25, 0.3) is 5.91 Å². The molecule has 1 atom stereocenters. The quantitative estimate of drug-likeness (QED) is 0.657. The highest BCUT2D eigenvalue weighted by atomic mass is 16.5. The number of nitrogens with zero attached hydrogens (tertiary/aromatic N) is 2. The fourth-order valence-electron chi connectivity index (χ4n) is 2.06. The molecule has 1 fully saturated rings. The minimum Gasteiger partial charge on any atom is -0.441 e. The molecular formula is C15H19N3O3. The molecule has 2 heterocycles. The second kappa shape index (κ2) is 6.95. The van der Waals surface area contributed by atoms with Gasteiger partial charge in [0, 0.05) is 39.4 Å². The highest BCUT2D eigenvalue weighted by Crippen LogP contribution is 2.18. The molecular weight excluding hydrogens is 270 g/mol. The summed E-state index contributed by atoms with van der Waals surface area (Å²) in [5.41, 5.74) is 0.0210. The Balaban J connectivity index is 1.98. The Morgan fingerprint density at radius 3 is 2.95 bits per heavy atom. The van der Waals surface area contributed by atoms with Crippen LogP contribution in [-0.4, -0.2) is 39.3 Å². The van der Waals surface area contributed by atoms with Crippen molar-refractivity contribution in [2.75, 3.05) is 32.1 Å². The number of nitrogens with one attached hydrogen (secondary N) is 1. The molecule has 1 saturated heterocycles. The molecule has 1 aliphatic rings. The van der Waals surface area contributed by atoms with Gasteiger partial charge in [-0.2, -0.15) is 5.26 Å². The van der Waals surface area contributed by atoms with Crippen LogP contribution in [0.25, 0.3) is 6.08 Å². The van der Waals surface area contributed by atoms with E-state index in [1.54, 1.807) is 17.0 Å². The van der Waals surface area contributed by atoms with E-state index >= 15 is 0 Å². The normalized spacial score (nSPS) is 18.3. The maximum Gasteiger partial charge on any atom is 0.262 e. The zero-order valence-electron chi connectivity index (χ0n) is 12.3. The highest BCUT2D eigenvalue weighted by molar-refractivity contribution is 6.01. The smallest absolute Gasteiger partial charge is 0.262 e. The van der Waals surface area contributed by atoms with E-state index in [9.17, 15) is 4.79 Å². The van der Waals surface area contributed by atoms with Gasteiger partial charge in [-0.05, 0) is 18.9 Å². The molecule has 1 amide bonds. The van der Waals surface area contributed by atoms with E-state index in [1.165, 1.54) is 6.08 Å². The Kier molecular flexibility index (Phi) is 5.01. The number of carbonyl (C=O) groups is 1. The number of carbonyl (C=O) groups excluding carboxylic acids is 1. The lowest BCUT2D eigenvalue weighted by Crippen LogP contribution is -2.32. The molecule has 6 nitrogen and oxygen atoms in total. The van der Waals surface area contributed by atoms with Crippen LogP contribution in [0.15, 0.2) is 22.1 Å². The van der Waals surface area contributed by atoms with Crippen molar-refractivity contribution < 1.29 is 13.9 Å². The van der Waals surface area contributed by atoms with Crippen molar-refractivity contribution in [3.8, 4) is 6.07 Å². The van der Waals surface area contributed by atoms with Crippen LogP contribution in [0.2, 0.25) is 0 Å². The molecule has 0 saturated carbocycles. The topological polar surface area (TPSA) is 78.5 Å². The van der Waals surface area contributed by atoms with Crippen molar-refractivity contribution in [2.24, 2.45) is 0 Å². The molecule has 1 aromatic heterocycles. The highest BCUT2D eigenvalue weighted by Gasteiger charge is 2.17. The number of ether oxygens (including phenoxy) is 1. The van der Waals surface area contributed by atoms with Crippen LogP contribution in [0.1, 0.15) is 18.6 Å². The summed E-state index contributed by atoms with van der Waals surface area (Å²) in [6.07, 6.45) is 3.45.